The highest BCUT2D eigenvalue weighted by atomic mass is 35.5. The van der Waals surface area contributed by atoms with Crippen LogP contribution in [0.2, 0.25) is 10.3 Å². The van der Waals surface area contributed by atoms with Crippen LogP contribution in [0.1, 0.15) is 6.42 Å². The molecule has 0 bridgehead atoms. The topological polar surface area (TPSA) is 47.0 Å². The molecule has 1 unspecified atom stereocenters. The molecule has 1 N–H and O–H groups in total. The Kier molecular flexibility index (Phi) is 3.05. The third-order valence-corrected chi connectivity index (χ3v) is 2.55. The van der Waals surface area contributed by atoms with E-state index in [9.17, 15) is 0 Å². The van der Waals surface area contributed by atoms with Gasteiger partial charge in [0.25, 0.3) is 0 Å². The zero-order valence-electron chi connectivity index (χ0n) is 7.33. The lowest BCUT2D eigenvalue weighted by molar-refractivity contribution is 0.221. The standard InChI is InChI=1S/C8H9Cl2N3O/c9-7-6(8(10)13-4-12-7)14-5-1-2-11-3-5/h4-5,11H,1-3H2. The van der Waals surface area contributed by atoms with E-state index in [0.717, 1.165) is 19.5 Å². The largest absolute Gasteiger partial charge is 0.483 e. The van der Waals surface area contributed by atoms with Gasteiger partial charge in [-0.3, -0.25) is 0 Å². The highest BCUT2D eigenvalue weighted by Crippen LogP contribution is 2.30. The maximum atomic E-state index is 5.83. The van der Waals surface area contributed by atoms with Crippen molar-refractivity contribution < 1.29 is 4.74 Å². The van der Waals surface area contributed by atoms with Gasteiger partial charge in [-0.05, 0) is 13.0 Å². The molecule has 0 amide bonds. The zero-order chi connectivity index (χ0) is 9.97. The van der Waals surface area contributed by atoms with Crippen molar-refractivity contribution in [3.05, 3.63) is 16.6 Å². The Hall–Kier alpha value is -0.580. The van der Waals surface area contributed by atoms with Crippen LogP contribution in [-0.4, -0.2) is 29.2 Å². The molecule has 14 heavy (non-hydrogen) atoms. The van der Waals surface area contributed by atoms with E-state index in [1.165, 1.54) is 6.33 Å². The molecule has 4 nitrogen and oxygen atoms in total. The van der Waals surface area contributed by atoms with Crippen molar-refractivity contribution in [1.82, 2.24) is 15.3 Å². The van der Waals surface area contributed by atoms with Gasteiger partial charge in [-0.15, -0.1) is 0 Å². The molecule has 2 rings (SSSR count). The molecule has 1 fully saturated rings. The van der Waals surface area contributed by atoms with Gasteiger partial charge in [-0.2, -0.15) is 0 Å². The molecule has 0 aromatic carbocycles. The van der Waals surface area contributed by atoms with Gasteiger partial charge in [-0.25, -0.2) is 9.97 Å². The van der Waals surface area contributed by atoms with E-state index < -0.39 is 0 Å². The molecule has 1 atom stereocenters. The predicted molar refractivity (Wildman–Crippen MR) is 54.0 cm³/mol. The second kappa shape index (κ2) is 4.29. The minimum absolute atomic E-state index is 0.107. The van der Waals surface area contributed by atoms with E-state index in [-0.39, 0.29) is 16.4 Å². The normalized spacial score (nSPS) is 21.1. The highest BCUT2D eigenvalue weighted by molar-refractivity contribution is 6.35. The number of hydrogen-bond donors (Lipinski definition) is 1. The van der Waals surface area contributed by atoms with E-state index in [4.69, 9.17) is 27.9 Å². The van der Waals surface area contributed by atoms with Crippen LogP contribution in [0.15, 0.2) is 6.33 Å². The Labute approximate surface area is 91.6 Å². The number of hydrogen-bond acceptors (Lipinski definition) is 4. The molecule has 0 saturated carbocycles. The Balaban J connectivity index is 2.14. The van der Waals surface area contributed by atoms with Crippen LogP contribution < -0.4 is 10.1 Å². The molecule has 6 heteroatoms. The summed E-state index contributed by atoms with van der Waals surface area (Å²) in [6.07, 6.45) is 2.36. The summed E-state index contributed by atoms with van der Waals surface area (Å²) in [5.41, 5.74) is 0. The number of nitrogens with one attached hydrogen (secondary N) is 1. The molecule has 1 aromatic rings. The smallest absolute Gasteiger partial charge is 0.194 e. The fraction of sp³-hybridized carbons (Fsp3) is 0.500. The summed E-state index contributed by atoms with van der Waals surface area (Å²) in [5, 5.41) is 3.70. The quantitative estimate of drug-likeness (QED) is 0.788. The van der Waals surface area contributed by atoms with E-state index >= 15 is 0 Å². The number of rotatable bonds is 2. The lowest BCUT2D eigenvalue weighted by Crippen LogP contribution is -2.20. The van der Waals surface area contributed by atoms with Gasteiger partial charge in [0, 0.05) is 6.54 Å². The third-order valence-electron chi connectivity index (χ3n) is 2.02. The Morgan fingerprint density at radius 3 is 2.64 bits per heavy atom. The SMILES string of the molecule is Clc1ncnc(Cl)c1OC1CCNC1. The highest BCUT2D eigenvalue weighted by Gasteiger charge is 2.19. The second-order valence-electron chi connectivity index (χ2n) is 3.02. The van der Waals surface area contributed by atoms with Crippen LogP contribution >= 0.6 is 23.2 Å². The summed E-state index contributed by atoms with van der Waals surface area (Å²) in [6, 6.07) is 0. The molecular formula is C8H9Cl2N3O. The van der Waals surface area contributed by atoms with Crippen molar-refractivity contribution in [3.8, 4) is 5.75 Å². The monoisotopic (exact) mass is 233 g/mol. The number of ether oxygens (including phenoxy) is 1. The Morgan fingerprint density at radius 2 is 2.07 bits per heavy atom. The first-order valence-corrected chi connectivity index (χ1v) is 5.06. The molecule has 76 valence electrons. The summed E-state index contributed by atoms with van der Waals surface area (Å²) in [7, 11) is 0. The van der Waals surface area contributed by atoms with Gasteiger partial charge >= 0.3 is 0 Å². The lowest BCUT2D eigenvalue weighted by atomic mass is 10.3. The van der Waals surface area contributed by atoms with Crippen molar-refractivity contribution in [2.75, 3.05) is 13.1 Å². The van der Waals surface area contributed by atoms with Crippen LogP contribution in [-0.2, 0) is 0 Å². The first-order valence-electron chi connectivity index (χ1n) is 4.31. The number of halogens is 2. The van der Waals surface area contributed by atoms with Gasteiger partial charge < -0.3 is 10.1 Å². The van der Waals surface area contributed by atoms with E-state index in [1.807, 2.05) is 0 Å². The average Bonchev–Trinajstić information content (AvgIpc) is 2.64. The van der Waals surface area contributed by atoms with Crippen molar-refractivity contribution in [2.45, 2.75) is 12.5 Å². The van der Waals surface area contributed by atoms with Crippen LogP contribution in [0.4, 0.5) is 0 Å². The van der Waals surface area contributed by atoms with Crippen LogP contribution in [0.25, 0.3) is 0 Å². The van der Waals surface area contributed by atoms with Gasteiger partial charge in [0.2, 0.25) is 0 Å². The summed E-state index contributed by atoms with van der Waals surface area (Å²) in [5.74, 6) is 0.379. The van der Waals surface area contributed by atoms with Gasteiger partial charge in [0.05, 0.1) is 0 Å². The Bertz CT molecular complexity index is 308. The van der Waals surface area contributed by atoms with Crippen LogP contribution in [0.3, 0.4) is 0 Å². The summed E-state index contributed by atoms with van der Waals surface area (Å²) in [4.78, 5) is 7.61. The number of nitrogens with zero attached hydrogens (tertiary/aromatic N) is 2. The average molecular weight is 234 g/mol. The zero-order valence-corrected chi connectivity index (χ0v) is 8.85. The minimum Gasteiger partial charge on any atom is -0.483 e. The van der Waals surface area contributed by atoms with Crippen molar-refractivity contribution in [2.24, 2.45) is 0 Å². The molecule has 2 heterocycles. The third kappa shape index (κ3) is 2.08. The predicted octanol–water partition coefficient (Wildman–Crippen LogP) is 1.52. The molecule has 0 radical (unpaired) electrons. The second-order valence-corrected chi connectivity index (χ2v) is 3.73. The number of aromatic nitrogens is 2. The maximum absolute atomic E-state index is 5.83. The summed E-state index contributed by atoms with van der Waals surface area (Å²) < 4.78 is 5.59. The van der Waals surface area contributed by atoms with Gasteiger partial charge in [0.15, 0.2) is 16.1 Å². The van der Waals surface area contributed by atoms with E-state index in [2.05, 4.69) is 15.3 Å². The first kappa shape index (κ1) is 9.96. The van der Waals surface area contributed by atoms with E-state index in [0.29, 0.717) is 5.75 Å². The molecular weight excluding hydrogens is 225 g/mol. The Morgan fingerprint density at radius 1 is 1.36 bits per heavy atom. The maximum Gasteiger partial charge on any atom is 0.194 e. The lowest BCUT2D eigenvalue weighted by Gasteiger charge is -2.13. The molecule has 1 aromatic heterocycles. The van der Waals surface area contributed by atoms with E-state index in [1.54, 1.807) is 0 Å². The van der Waals surface area contributed by atoms with Crippen molar-refractivity contribution in [3.63, 3.8) is 0 Å². The molecule has 1 aliphatic rings. The van der Waals surface area contributed by atoms with Crippen LogP contribution in [0.5, 0.6) is 5.75 Å². The van der Waals surface area contributed by atoms with Gasteiger partial charge in [-0.1, -0.05) is 23.2 Å². The molecule has 1 saturated heterocycles. The first-order chi connectivity index (χ1) is 6.77. The molecule has 1 aliphatic heterocycles. The molecule has 0 spiro atoms. The fourth-order valence-corrected chi connectivity index (χ4v) is 1.73. The summed E-state index contributed by atoms with van der Waals surface area (Å²) >= 11 is 11.7. The van der Waals surface area contributed by atoms with Crippen LogP contribution in [0, 0.1) is 0 Å². The fourth-order valence-electron chi connectivity index (χ4n) is 1.33. The van der Waals surface area contributed by atoms with Gasteiger partial charge in [0.1, 0.15) is 12.4 Å². The minimum atomic E-state index is 0.107. The molecule has 0 aliphatic carbocycles. The summed E-state index contributed by atoms with van der Waals surface area (Å²) in [6.45, 7) is 1.76. The van der Waals surface area contributed by atoms with Crippen molar-refractivity contribution in [1.29, 1.82) is 0 Å². The van der Waals surface area contributed by atoms with Crippen molar-refractivity contribution >= 4 is 23.2 Å².